The second-order valence-electron chi connectivity index (χ2n) is 9.55. The highest BCUT2D eigenvalue weighted by Gasteiger charge is 2.37. The van der Waals surface area contributed by atoms with Crippen LogP contribution in [0, 0.1) is 0 Å². The minimum Gasteiger partial charge on any atom is -0.335 e. The van der Waals surface area contributed by atoms with E-state index in [1.54, 1.807) is 20.7 Å². The van der Waals surface area contributed by atoms with Crippen molar-refractivity contribution in [3.63, 3.8) is 0 Å². The van der Waals surface area contributed by atoms with Crippen LogP contribution in [0.25, 0.3) is 0 Å². The normalized spacial score (nSPS) is 17.2. The standard InChI is InChI=1S/C26H25F3N4O4S2/c27-26(28,29)20-3-1-2-18(12-20)16-39(36,37)22-6-4-19(5-7-22)24(34)33-13-21(14-33)31-8-10-32(11-9-31)25(35)23-15-38-17-30-23/h1-7,12,15,17,21H,8-11,13-14,16H2. The average Bonchev–Trinajstić information content (AvgIpc) is 3.42. The van der Waals surface area contributed by atoms with Gasteiger partial charge >= 0.3 is 6.18 Å². The third-order valence-electron chi connectivity index (χ3n) is 6.99. The van der Waals surface area contributed by atoms with Crippen LogP contribution in [-0.2, 0) is 21.8 Å². The molecule has 5 rings (SSSR count). The summed E-state index contributed by atoms with van der Waals surface area (Å²) < 4.78 is 64.5. The molecule has 13 heteroatoms. The van der Waals surface area contributed by atoms with E-state index in [1.165, 1.54) is 47.7 Å². The molecule has 3 aromatic rings. The maximum absolute atomic E-state index is 13.0. The number of sulfone groups is 1. The van der Waals surface area contributed by atoms with E-state index in [-0.39, 0.29) is 28.3 Å². The van der Waals surface area contributed by atoms with Crippen LogP contribution in [0.5, 0.6) is 0 Å². The minimum absolute atomic E-state index is 0.0323. The van der Waals surface area contributed by atoms with Crippen molar-refractivity contribution in [1.29, 1.82) is 0 Å². The summed E-state index contributed by atoms with van der Waals surface area (Å²) in [6, 6.07) is 9.91. The Morgan fingerprint density at radius 3 is 2.26 bits per heavy atom. The molecule has 0 radical (unpaired) electrons. The number of carbonyl (C=O) groups excluding carboxylic acids is 2. The van der Waals surface area contributed by atoms with E-state index in [4.69, 9.17) is 0 Å². The lowest BCUT2D eigenvalue weighted by atomic mass is 10.0. The van der Waals surface area contributed by atoms with Crippen LogP contribution in [0.3, 0.4) is 0 Å². The number of piperazine rings is 1. The smallest absolute Gasteiger partial charge is 0.335 e. The number of likely N-dealkylation sites (tertiary alicyclic amines) is 1. The minimum atomic E-state index is -4.56. The third kappa shape index (κ3) is 5.99. The zero-order valence-corrected chi connectivity index (χ0v) is 22.3. The zero-order valence-electron chi connectivity index (χ0n) is 20.7. The van der Waals surface area contributed by atoms with Crippen LogP contribution < -0.4 is 0 Å². The number of rotatable bonds is 6. The first-order valence-corrected chi connectivity index (χ1v) is 14.8. The maximum Gasteiger partial charge on any atom is 0.416 e. The Kier molecular flexibility index (Phi) is 7.49. The first-order chi connectivity index (χ1) is 18.5. The number of benzene rings is 2. The summed E-state index contributed by atoms with van der Waals surface area (Å²) in [5.74, 6) is -0.868. The van der Waals surface area contributed by atoms with Crippen LogP contribution in [-0.4, -0.2) is 85.2 Å². The van der Waals surface area contributed by atoms with Gasteiger partial charge < -0.3 is 9.80 Å². The summed E-state index contributed by atoms with van der Waals surface area (Å²) in [6.07, 6.45) is -4.56. The van der Waals surface area contributed by atoms with E-state index in [1.807, 2.05) is 0 Å². The topological polar surface area (TPSA) is 90.9 Å². The lowest BCUT2D eigenvalue weighted by molar-refractivity contribution is -0.137. The summed E-state index contributed by atoms with van der Waals surface area (Å²) in [5, 5.41) is 1.74. The predicted octanol–water partition coefficient (Wildman–Crippen LogP) is 3.42. The van der Waals surface area contributed by atoms with E-state index in [0.29, 0.717) is 50.5 Å². The number of halogens is 3. The van der Waals surface area contributed by atoms with Crippen LogP contribution in [0.1, 0.15) is 32.0 Å². The number of thiazole rings is 1. The average molecular weight is 579 g/mol. The van der Waals surface area contributed by atoms with Gasteiger partial charge in [0.25, 0.3) is 11.8 Å². The van der Waals surface area contributed by atoms with E-state index < -0.39 is 27.3 Å². The maximum atomic E-state index is 13.0. The molecule has 0 saturated carbocycles. The van der Waals surface area contributed by atoms with Gasteiger partial charge in [0, 0.05) is 56.3 Å². The molecule has 2 amide bonds. The molecule has 206 valence electrons. The largest absolute Gasteiger partial charge is 0.416 e. The van der Waals surface area contributed by atoms with Gasteiger partial charge in [-0.1, -0.05) is 18.2 Å². The highest BCUT2D eigenvalue weighted by molar-refractivity contribution is 7.90. The van der Waals surface area contributed by atoms with E-state index >= 15 is 0 Å². The summed E-state index contributed by atoms with van der Waals surface area (Å²) in [4.78, 5) is 35.1. The van der Waals surface area contributed by atoms with E-state index in [0.717, 1.165) is 12.1 Å². The van der Waals surface area contributed by atoms with Crippen molar-refractivity contribution >= 4 is 33.0 Å². The summed E-state index contributed by atoms with van der Waals surface area (Å²) in [6.45, 7) is 3.68. The molecule has 2 fully saturated rings. The van der Waals surface area contributed by atoms with Gasteiger partial charge in [-0.25, -0.2) is 13.4 Å². The Bertz CT molecular complexity index is 1450. The first kappa shape index (κ1) is 27.3. The van der Waals surface area contributed by atoms with Crippen LogP contribution in [0.4, 0.5) is 13.2 Å². The van der Waals surface area contributed by atoms with Gasteiger partial charge in [0.15, 0.2) is 9.84 Å². The van der Waals surface area contributed by atoms with Gasteiger partial charge in [-0.15, -0.1) is 11.3 Å². The number of amides is 2. The van der Waals surface area contributed by atoms with Crippen molar-refractivity contribution in [2.45, 2.75) is 22.9 Å². The van der Waals surface area contributed by atoms with Gasteiger partial charge in [-0.05, 0) is 35.9 Å². The number of aromatic nitrogens is 1. The summed E-state index contributed by atoms with van der Waals surface area (Å²) >= 11 is 1.38. The Morgan fingerprint density at radius 1 is 0.949 bits per heavy atom. The van der Waals surface area contributed by atoms with Crippen LogP contribution in [0.2, 0.25) is 0 Å². The Morgan fingerprint density at radius 2 is 1.64 bits per heavy atom. The molecular weight excluding hydrogens is 553 g/mol. The fourth-order valence-corrected chi connectivity index (χ4v) is 6.61. The van der Waals surface area contributed by atoms with Crippen LogP contribution >= 0.6 is 11.3 Å². The Balaban J connectivity index is 1.13. The molecule has 2 aromatic carbocycles. The summed E-state index contributed by atoms with van der Waals surface area (Å²) in [5.41, 5.74) is 1.56. The molecule has 0 bridgehead atoms. The van der Waals surface area contributed by atoms with Crippen LogP contribution in [0.15, 0.2) is 64.3 Å². The number of hydrogen-bond acceptors (Lipinski definition) is 7. The number of hydrogen-bond donors (Lipinski definition) is 0. The monoisotopic (exact) mass is 578 g/mol. The molecule has 1 aromatic heterocycles. The number of nitrogens with zero attached hydrogens (tertiary/aromatic N) is 4. The van der Waals surface area contributed by atoms with Crippen molar-refractivity contribution in [3.05, 3.63) is 81.8 Å². The fraction of sp³-hybridized carbons (Fsp3) is 0.346. The molecule has 0 spiro atoms. The highest BCUT2D eigenvalue weighted by atomic mass is 32.2. The van der Waals surface area contributed by atoms with Gasteiger partial charge in [-0.3, -0.25) is 14.5 Å². The zero-order chi connectivity index (χ0) is 27.8. The fourth-order valence-electron chi connectivity index (χ4n) is 4.75. The SMILES string of the molecule is O=C(c1ccc(S(=O)(=O)Cc2cccc(C(F)(F)F)c2)cc1)N1CC(N2CCN(C(=O)c3cscn3)CC2)C1. The molecule has 8 nitrogen and oxygen atoms in total. The number of carbonyl (C=O) groups is 2. The molecular formula is C26H25F3N4O4S2. The van der Waals surface area contributed by atoms with Gasteiger partial charge in [0.2, 0.25) is 0 Å². The van der Waals surface area contributed by atoms with Crippen molar-refractivity contribution in [3.8, 4) is 0 Å². The predicted molar refractivity (Wildman–Crippen MR) is 138 cm³/mol. The molecule has 39 heavy (non-hydrogen) atoms. The van der Waals surface area contributed by atoms with Gasteiger partial charge in [0.05, 0.1) is 21.7 Å². The highest BCUT2D eigenvalue weighted by Crippen LogP contribution is 2.30. The quantitative estimate of drug-likeness (QED) is 0.446. The lowest BCUT2D eigenvalue weighted by Gasteiger charge is -2.48. The molecule has 2 saturated heterocycles. The first-order valence-electron chi connectivity index (χ1n) is 12.2. The molecule has 0 N–H and O–H groups in total. The van der Waals surface area contributed by atoms with Crippen molar-refractivity contribution in [2.75, 3.05) is 39.3 Å². The van der Waals surface area contributed by atoms with Gasteiger partial charge in [-0.2, -0.15) is 13.2 Å². The molecule has 0 unspecified atom stereocenters. The molecule has 0 aliphatic carbocycles. The molecule has 3 heterocycles. The molecule has 2 aliphatic rings. The van der Waals surface area contributed by atoms with Crippen molar-refractivity contribution < 1.29 is 31.2 Å². The second kappa shape index (κ2) is 10.7. The Hall–Kier alpha value is -3.29. The molecule has 2 aliphatic heterocycles. The van der Waals surface area contributed by atoms with E-state index in [2.05, 4.69) is 9.88 Å². The van der Waals surface area contributed by atoms with Gasteiger partial charge in [0.1, 0.15) is 5.69 Å². The number of alkyl halides is 3. The molecule has 0 atom stereocenters. The summed E-state index contributed by atoms with van der Waals surface area (Å²) in [7, 11) is -3.91. The van der Waals surface area contributed by atoms with Crippen molar-refractivity contribution in [2.24, 2.45) is 0 Å². The lowest BCUT2D eigenvalue weighted by Crippen LogP contribution is -2.64. The van der Waals surface area contributed by atoms with Crippen molar-refractivity contribution in [1.82, 2.24) is 19.7 Å². The Labute approximate surface area is 227 Å². The van der Waals surface area contributed by atoms with E-state index in [9.17, 15) is 31.2 Å². The third-order valence-corrected chi connectivity index (χ3v) is 9.28. The second-order valence-corrected chi connectivity index (χ2v) is 12.3.